The molecule has 4 nitrogen and oxygen atoms in total. The van der Waals surface area contributed by atoms with Gasteiger partial charge in [-0.3, -0.25) is 9.97 Å². The van der Waals surface area contributed by atoms with Gasteiger partial charge in [0.15, 0.2) is 5.82 Å². The van der Waals surface area contributed by atoms with Crippen molar-refractivity contribution in [3.8, 4) is 22.9 Å². The second-order valence-electron chi connectivity index (χ2n) is 5.42. The van der Waals surface area contributed by atoms with Crippen molar-refractivity contribution < 1.29 is 13.2 Å². The first kappa shape index (κ1) is 18.9. The quantitative estimate of drug-likeness (QED) is 0.504. The van der Waals surface area contributed by atoms with Gasteiger partial charge in [-0.25, -0.2) is 4.98 Å². The summed E-state index contributed by atoms with van der Waals surface area (Å²) >= 11 is 5.03. The van der Waals surface area contributed by atoms with Crippen LogP contribution in [0.25, 0.3) is 22.9 Å². The molecule has 9 heteroatoms. The maximum Gasteiger partial charge on any atom is 0.416 e. The van der Waals surface area contributed by atoms with Crippen LogP contribution < -0.4 is 0 Å². The molecule has 3 rings (SSSR count). The fraction of sp³-hybridized carbons (Fsp3) is 0.235. The molecule has 0 atom stereocenters. The fourth-order valence-electron chi connectivity index (χ4n) is 2.41. The molecular formula is C17H14BrF3N4S. The van der Waals surface area contributed by atoms with E-state index in [1.54, 1.807) is 35.8 Å². The van der Waals surface area contributed by atoms with Gasteiger partial charge in [-0.05, 0) is 39.9 Å². The van der Waals surface area contributed by atoms with Crippen LogP contribution in [0.3, 0.4) is 0 Å². The van der Waals surface area contributed by atoms with Gasteiger partial charge in [-0.1, -0.05) is 6.92 Å². The summed E-state index contributed by atoms with van der Waals surface area (Å²) in [5, 5.41) is 0. The van der Waals surface area contributed by atoms with Crippen LogP contribution in [-0.2, 0) is 13.2 Å². The molecule has 0 saturated carbocycles. The first-order valence-corrected chi connectivity index (χ1v) is 9.43. The Labute approximate surface area is 161 Å². The van der Waals surface area contributed by atoms with Crippen LogP contribution in [0.5, 0.6) is 0 Å². The predicted molar refractivity (Wildman–Crippen MR) is 98.8 cm³/mol. The standard InChI is InChI=1S/C17H14BrF3N4S/c1-3-26-14-7-11(18)8-23-15(14)16-24-13(9-25(16)2)12-6-10(4-5-22-12)17(19,20)21/h4-9H,3H2,1-2H3. The molecule has 26 heavy (non-hydrogen) atoms. The maximum atomic E-state index is 12.9. The maximum absolute atomic E-state index is 12.9. The molecule has 0 radical (unpaired) electrons. The van der Waals surface area contributed by atoms with Crippen molar-refractivity contribution >= 4 is 27.7 Å². The number of nitrogens with zero attached hydrogens (tertiary/aromatic N) is 4. The summed E-state index contributed by atoms with van der Waals surface area (Å²) < 4.78 is 41.4. The van der Waals surface area contributed by atoms with Crippen LogP contribution >= 0.6 is 27.7 Å². The van der Waals surface area contributed by atoms with E-state index in [1.807, 2.05) is 13.0 Å². The van der Waals surface area contributed by atoms with E-state index in [-0.39, 0.29) is 5.69 Å². The second-order valence-corrected chi connectivity index (χ2v) is 7.64. The molecule has 0 N–H and O–H groups in total. The molecule has 0 aliphatic rings. The Bertz CT molecular complexity index is 940. The summed E-state index contributed by atoms with van der Waals surface area (Å²) in [6.45, 7) is 2.03. The molecule has 0 saturated heterocycles. The van der Waals surface area contributed by atoms with Crippen molar-refractivity contribution in [2.75, 3.05) is 5.75 Å². The highest BCUT2D eigenvalue weighted by Crippen LogP contribution is 2.34. The van der Waals surface area contributed by atoms with E-state index in [0.717, 1.165) is 33.5 Å². The minimum Gasteiger partial charge on any atom is -0.332 e. The van der Waals surface area contributed by atoms with Crippen LogP contribution in [0.4, 0.5) is 13.2 Å². The normalized spacial score (nSPS) is 11.8. The molecule has 136 valence electrons. The van der Waals surface area contributed by atoms with E-state index in [0.29, 0.717) is 17.2 Å². The first-order chi connectivity index (χ1) is 12.3. The molecule has 3 heterocycles. The van der Waals surface area contributed by atoms with Crippen LogP contribution in [0.2, 0.25) is 0 Å². The summed E-state index contributed by atoms with van der Waals surface area (Å²) in [4.78, 5) is 13.9. The van der Waals surface area contributed by atoms with Crippen molar-refractivity contribution in [3.05, 3.63) is 46.8 Å². The van der Waals surface area contributed by atoms with Crippen molar-refractivity contribution in [1.29, 1.82) is 0 Å². The highest BCUT2D eigenvalue weighted by molar-refractivity contribution is 9.10. The second kappa shape index (κ2) is 7.40. The van der Waals surface area contributed by atoms with E-state index in [4.69, 9.17) is 0 Å². The number of aryl methyl sites for hydroxylation is 1. The molecule has 3 aromatic heterocycles. The van der Waals surface area contributed by atoms with E-state index in [2.05, 4.69) is 30.9 Å². The average Bonchev–Trinajstić information content (AvgIpc) is 2.96. The molecule has 0 spiro atoms. The minimum absolute atomic E-state index is 0.170. The summed E-state index contributed by atoms with van der Waals surface area (Å²) in [5.74, 6) is 1.43. The van der Waals surface area contributed by atoms with Gasteiger partial charge in [-0.15, -0.1) is 11.8 Å². The lowest BCUT2D eigenvalue weighted by molar-refractivity contribution is -0.137. The average molecular weight is 443 g/mol. The van der Waals surface area contributed by atoms with Crippen LogP contribution in [0, 0.1) is 0 Å². The largest absolute Gasteiger partial charge is 0.416 e. The number of alkyl halides is 3. The molecule has 0 aliphatic heterocycles. The van der Waals surface area contributed by atoms with Gasteiger partial charge >= 0.3 is 6.18 Å². The predicted octanol–water partition coefficient (Wildman–Crippen LogP) is 5.44. The lowest BCUT2D eigenvalue weighted by Crippen LogP contribution is -2.05. The molecule has 0 aliphatic carbocycles. The number of rotatable bonds is 4. The SMILES string of the molecule is CCSc1cc(Br)cnc1-c1nc(-c2cc(C(F)(F)F)ccn2)cn1C. The molecule has 0 bridgehead atoms. The number of hydrogen-bond acceptors (Lipinski definition) is 4. The van der Waals surface area contributed by atoms with Gasteiger partial charge in [0.05, 0.1) is 11.3 Å². The summed E-state index contributed by atoms with van der Waals surface area (Å²) in [6.07, 6.45) is 0.0458. The van der Waals surface area contributed by atoms with Crippen LogP contribution in [0.1, 0.15) is 12.5 Å². The lowest BCUT2D eigenvalue weighted by atomic mass is 10.2. The summed E-state index contributed by atoms with van der Waals surface area (Å²) in [6, 6.07) is 3.90. The Morgan fingerprint density at radius 1 is 1.19 bits per heavy atom. The summed E-state index contributed by atoms with van der Waals surface area (Å²) in [5.41, 5.74) is 0.466. The number of hydrogen-bond donors (Lipinski definition) is 0. The Hall–Kier alpha value is -1.87. The molecule has 0 fully saturated rings. The van der Waals surface area contributed by atoms with E-state index < -0.39 is 11.7 Å². The van der Waals surface area contributed by atoms with Crippen molar-refractivity contribution in [2.45, 2.75) is 18.0 Å². The molecular weight excluding hydrogens is 429 g/mol. The smallest absolute Gasteiger partial charge is 0.332 e. The van der Waals surface area contributed by atoms with E-state index in [9.17, 15) is 13.2 Å². The van der Waals surface area contributed by atoms with Gasteiger partial charge in [-0.2, -0.15) is 13.2 Å². The van der Waals surface area contributed by atoms with Gasteiger partial charge in [0.1, 0.15) is 11.4 Å². The lowest BCUT2D eigenvalue weighted by Gasteiger charge is -2.07. The monoisotopic (exact) mass is 442 g/mol. The Morgan fingerprint density at radius 3 is 2.65 bits per heavy atom. The minimum atomic E-state index is -4.42. The number of pyridine rings is 2. The third-order valence-electron chi connectivity index (χ3n) is 3.56. The fourth-order valence-corrected chi connectivity index (χ4v) is 3.70. The number of imidazole rings is 1. The van der Waals surface area contributed by atoms with Crippen molar-refractivity contribution in [1.82, 2.24) is 19.5 Å². The Kier molecular flexibility index (Phi) is 5.38. The highest BCUT2D eigenvalue weighted by atomic mass is 79.9. The zero-order valence-corrected chi connectivity index (χ0v) is 16.3. The van der Waals surface area contributed by atoms with E-state index >= 15 is 0 Å². The van der Waals surface area contributed by atoms with Gasteiger partial charge in [0, 0.05) is 35.0 Å². The Balaban J connectivity index is 2.06. The zero-order chi connectivity index (χ0) is 18.9. The van der Waals surface area contributed by atoms with E-state index in [1.165, 1.54) is 0 Å². The molecule has 0 aromatic carbocycles. The molecule has 0 amide bonds. The third kappa shape index (κ3) is 3.93. The van der Waals surface area contributed by atoms with Crippen molar-refractivity contribution in [3.63, 3.8) is 0 Å². The highest BCUT2D eigenvalue weighted by Gasteiger charge is 2.31. The molecule has 3 aromatic rings. The van der Waals surface area contributed by atoms with Gasteiger partial charge in [0.2, 0.25) is 0 Å². The van der Waals surface area contributed by atoms with Crippen LogP contribution in [-0.4, -0.2) is 25.3 Å². The van der Waals surface area contributed by atoms with Gasteiger partial charge < -0.3 is 4.57 Å². The zero-order valence-electron chi connectivity index (χ0n) is 13.9. The van der Waals surface area contributed by atoms with Gasteiger partial charge in [0.25, 0.3) is 0 Å². The van der Waals surface area contributed by atoms with Crippen molar-refractivity contribution in [2.24, 2.45) is 7.05 Å². The Morgan fingerprint density at radius 2 is 1.96 bits per heavy atom. The number of halogens is 4. The molecule has 0 unspecified atom stereocenters. The first-order valence-electron chi connectivity index (χ1n) is 7.65. The number of thioether (sulfide) groups is 1. The topological polar surface area (TPSA) is 43.6 Å². The third-order valence-corrected chi connectivity index (χ3v) is 4.90. The number of aromatic nitrogens is 4. The summed E-state index contributed by atoms with van der Waals surface area (Å²) in [7, 11) is 1.78. The van der Waals surface area contributed by atoms with Crippen LogP contribution in [0.15, 0.2) is 46.2 Å².